The lowest BCUT2D eigenvalue weighted by Gasteiger charge is -2.21. The van der Waals surface area contributed by atoms with Crippen LogP contribution in [0.1, 0.15) is 44.1 Å². The summed E-state index contributed by atoms with van der Waals surface area (Å²) in [6.07, 6.45) is 7.38. The first-order chi connectivity index (χ1) is 10.6. The van der Waals surface area contributed by atoms with Crippen LogP contribution in [0.15, 0.2) is 24.3 Å². The molecule has 1 fully saturated rings. The predicted octanol–water partition coefficient (Wildman–Crippen LogP) is 3.04. The molecule has 0 spiro atoms. The molecule has 2 N–H and O–H groups in total. The minimum absolute atomic E-state index is 0.325. The van der Waals surface area contributed by atoms with Gasteiger partial charge in [-0.25, -0.2) is 0 Å². The lowest BCUT2D eigenvalue weighted by Crippen LogP contribution is -2.40. The molecule has 0 saturated heterocycles. The van der Waals surface area contributed by atoms with Gasteiger partial charge in [-0.05, 0) is 30.0 Å². The van der Waals surface area contributed by atoms with Crippen LogP contribution >= 0.6 is 11.6 Å². The summed E-state index contributed by atoms with van der Waals surface area (Å²) in [7, 11) is 0. The van der Waals surface area contributed by atoms with Crippen molar-refractivity contribution >= 4 is 23.4 Å². The minimum Gasteiger partial charge on any atom is -0.348 e. The largest absolute Gasteiger partial charge is 0.348 e. The third-order valence-electron chi connectivity index (χ3n) is 4.14. The molecular formula is C17H23ClN2O2. The zero-order valence-electron chi connectivity index (χ0n) is 12.7. The van der Waals surface area contributed by atoms with E-state index in [1.165, 1.54) is 32.1 Å². The molecule has 0 heterocycles. The van der Waals surface area contributed by atoms with E-state index in [2.05, 4.69) is 10.6 Å². The zero-order valence-corrected chi connectivity index (χ0v) is 13.5. The predicted molar refractivity (Wildman–Crippen MR) is 87.5 cm³/mol. The molecule has 1 saturated carbocycles. The molecule has 0 aliphatic heterocycles. The second-order valence-electron chi connectivity index (χ2n) is 5.86. The van der Waals surface area contributed by atoms with Crippen LogP contribution < -0.4 is 10.6 Å². The summed E-state index contributed by atoms with van der Waals surface area (Å²) in [5.74, 6) is -0.436. The molecule has 2 amide bonds. The lowest BCUT2D eigenvalue weighted by atomic mass is 9.87. The number of rotatable bonds is 5. The van der Waals surface area contributed by atoms with Crippen molar-refractivity contribution in [2.75, 3.05) is 6.54 Å². The van der Waals surface area contributed by atoms with Crippen LogP contribution in [0.2, 0.25) is 5.02 Å². The fourth-order valence-electron chi connectivity index (χ4n) is 2.81. The van der Waals surface area contributed by atoms with Gasteiger partial charge in [0.25, 0.3) is 0 Å². The first-order valence-electron chi connectivity index (χ1n) is 7.95. The molecule has 0 unspecified atom stereocenters. The van der Waals surface area contributed by atoms with Gasteiger partial charge < -0.3 is 10.6 Å². The average molecular weight is 323 g/mol. The van der Waals surface area contributed by atoms with Gasteiger partial charge in [-0.15, -0.1) is 0 Å². The number of nitrogens with one attached hydrogen (secondary N) is 2. The Bertz CT molecular complexity index is 496. The van der Waals surface area contributed by atoms with E-state index in [1.807, 2.05) is 12.1 Å². The average Bonchev–Trinajstić information content (AvgIpc) is 2.55. The summed E-state index contributed by atoms with van der Waals surface area (Å²) in [4.78, 5) is 23.4. The highest BCUT2D eigenvalue weighted by Crippen LogP contribution is 2.25. The normalized spacial score (nSPS) is 15.3. The van der Waals surface area contributed by atoms with Crippen LogP contribution in [0.5, 0.6) is 0 Å². The van der Waals surface area contributed by atoms with Gasteiger partial charge in [0.05, 0.1) is 0 Å². The molecule has 120 valence electrons. The molecule has 0 aromatic heterocycles. The highest BCUT2D eigenvalue weighted by Gasteiger charge is 2.15. The van der Waals surface area contributed by atoms with E-state index in [4.69, 9.17) is 11.6 Å². The van der Waals surface area contributed by atoms with Crippen LogP contribution in [0.3, 0.4) is 0 Å². The molecule has 1 aromatic carbocycles. The van der Waals surface area contributed by atoms with Gasteiger partial charge in [-0.1, -0.05) is 55.8 Å². The van der Waals surface area contributed by atoms with Crippen molar-refractivity contribution < 1.29 is 9.59 Å². The highest BCUT2D eigenvalue weighted by molar-refractivity contribution is 6.35. The first-order valence-corrected chi connectivity index (χ1v) is 8.33. The van der Waals surface area contributed by atoms with Gasteiger partial charge >= 0.3 is 11.8 Å². The standard InChI is InChI=1S/C17H23ClN2O2/c18-15-8-6-14(7-9-15)12-20-17(22)16(21)19-11-10-13-4-2-1-3-5-13/h6-9,13H,1-5,10-12H2,(H,19,21)(H,20,22). The SMILES string of the molecule is O=C(NCCC1CCCCC1)C(=O)NCc1ccc(Cl)cc1. The zero-order chi connectivity index (χ0) is 15.8. The van der Waals surface area contributed by atoms with E-state index in [-0.39, 0.29) is 0 Å². The Labute approximate surface area is 136 Å². The van der Waals surface area contributed by atoms with Crippen LogP contribution in [0, 0.1) is 5.92 Å². The molecule has 22 heavy (non-hydrogen) atoms. The third kappa shape index (κ3) is 5.68. The van der Waals surface area contributed by atoms with Crippen molar-refractivity contribution in [3.8, 4) is 0 Å². The van der Waals surface area contributed by atoms with Gasteiger partial charge in [-0.2, -0.15) is 0 Å². The number of carbonyl (C=O) groups is 2. The summed E-state index contributed by atoms with van der Waals surface area (Å²) < 4.78 is 0. The summed E-state index contributed by atoms with van der Waals surface area (Å²) in [6, 6.07) is 7.16. The summed E-state index contributed by atoms with van der Waals surface area (Å²) in [5, 5.41) is 5.96. The molecular weight excluding hydrogens is 300 g/mol. The number of benzene rings is 1. The van der Waals surface area contributed by atoms with E-state index in [0.717, 1.165) is 12.0 Å². The van der Waals surface area contributed by atoms with E-state index in [1.54, 1.807) is 12.1 Å². The van der Waals surface area contributed by atoms with Gasteiger partial charge in [0.15, 0.2) is 0 Å². The van der Waals surface area contributed by atoms with Crippen molar-refractivity contribution in [2.45, 2.75) is 45.1 Å². The fraction of sp³-hybridized carbons (Fsp3) is 0.529. The Morgan fingerprint density at radius 3 is 2.32 bits per heavy atom. The molecule has 0 radical (unpaired) electrons. The molecule has 1 aliphatic carbocycles. The van der Waals surface area contributed by atoms with E-state index < -0.39 is 11.8 Å². The Balaban J connectivity index is 1.63. The fourth-order valence-corrected chi connectivity index (χ4v) is 2.94. The van der Waals surface area contributed by atoms with E-state index in [0.29, 0.717) is 24.0 Å². The molecule has 5 heteroatoms. The maximum absolute atomic E-state index is 11.7. The quantitative estimate of drug-likeness (QED) is 0.819. The Morgan fingerprint density at radius 1 is 1.00 bits per heavy atom. The van der Waals surface area contributed by atoms with E-state index >= 15 is 0 Å². The number of carbonyl (C=O) groups excluding carboxylic acids is 2. The van der Waals surface area contributed by atoms with E-state index in [9.17, 15) is 9.59 Å². The molecule has 1 aromatic rings. The summed E-state index contributed by atoms with van der Waals surface area (Å²) in [5.41, 5.74) is 0.910. The number of amides is 2. The molecule has 1 aliphatic rings. The highest BCUT2D eigenvalue weighted by atomic mass is 35.5. The van der Waals surface area contributed by atoms with Crippen molar-refractivity contribution in [3.63, 3.8) is 0 Å². The van der Waals surface area contributed by atoms with Crippen LogP contribution in [0.25, 0.3) is 0 Å². The van der Waals surface area contributed by atoms with Crippen molar-refractivity contribution in [1.29, 1.82) is 0 Å². The minimum atomic E-state index is -0.585. The van der Waals surface area contributed by atoms with Gasteiger partial charge in [0.1, 0.15) is 0 Å². The number of hydrogen-bond donors (Lipinski definition) is 2. The Kier molecular flexibility index (Phi) is 6.72. The van der Waals surface area contributed by atoms with Gasteiger partial charge in [0, 0.05) is 18.1 Å². The maximum Gasteiger partial charge on any atom is 0.309 e. The Morgan fingerprint density at radius 2 is 1.64 bits per heavy atom. The van der Waals surface area contributed by atoms with Crippen molar-refractivity contribution in [2.24, 2.45) is 5.92 Å². The summed E-state index contributed by atoms with van der Waals surface area (Å²) >= 11 is 5.79. The monoisotopic (exact) mass is 322 g/mol. The van der Waals surface area contributed by atoms with Crippen molar-refractivity contribution in [1.82, 2.24) is 10.6 Å². The topological polar surface area (TPSA) is 58.2 Å². The first kappa shape index (κ1) is 16.8. The molecule has 2 rings (SSSR count). The number of hydrogen-bond acceptors (Lipinski definition) is 2. The van der Waals surface area contributed by atoms with Crippen molar-refractivity contribution in [3.05, 3.63) is 34.9 Å². The smallest absolute Gasteiger partial charge is 0.309 e. The molecule has 0 bridgehead atoms. The third-order valence-corrected chi connectivity index (χ3v) is 4.39. The second-order valence-corrected chi connectivity index (χ2v) is 6.29. The van der Waals surface area contributed by atoms with Gasteiger partial charge in [-0.3, -0.25) is 9.59 Å². The number of halogens is 1. The molecule has 4 nitrogen and oxygen atoms in total. The lowest BCUT2D eigenvalue weighted by molar-refractivity contribution is -0.139. The second kappa shape index (κ2) is 8.79. The Hall–Kier alpha value is -1.55. The maximum atomic E-state index is 11.7. The van der Waals surface area contributed by atoms with Crippen LogP contribution in [-0.2, 0) is 16.1 Å². The van der Waals surface area contributed by atoms with Gasteiger partial charge in [0.2, 0.25) is 0 Å². The van der Waals surface area contributed by atoms with Crippen LogP contribution in [0.4, 0.5) is 0 Å². The van der Waals surface area contributed by atoms with Crippen LogP contribution in [-0.4, -0.2) is 18.4 Å². The summed E-state index contributed by atoms with van der Waals surface area (Å²) in [6.45, 7) is 0.907. The molecule has 0 atom stereocenters.